The number of guanidine groups is 1. The number of nitrogens with zero attached hydrogens (tertiary/aromatic N) is 1. The maximum atomic E-state index is 5.94. The predicted molar refractivity (Wildman–Crippen MR) is 131 cm³/mol. The molecule has 0 bridgehead atoms. The molecule has 0 spiro atoms. The standard InChI is InChI=1S/C21H35N3O2S.HI/c1-4-22-20(24-17-21(27-3)11-15-25-16-12-21)23-13-8-14-26-18(2)19-9-6-5-7-10-19;/h5-7,9-10,18H,4,8,11-17H2,1-3H3,(H2,22,23,24);1H. The summed E-state index contributed by atoms with van der Waals surface area (Å²) in [4.78, 5) is 4.84. The Morgan fingerprint density at radius 2 is 1.96 bits per heavy atom. The van der Waals surface area contributed by atoms with Gasteiger partial charge in [-0.05, 0) is 44.9 Å². The van der Waals surface area contributed by atoms with E-state index in [1.54, 1.807) is 0 Å². The summed E-state index contributed by atoms with van der Waals surface area (Å²) in [5.74, 6) is 0.897. The lowest BCUT2D eigenvalue weighted by molar-refractivity contribution is 0.0646. The van der Waals surface area contributed by atoms with Crippen LogP contribution in [0.1, 0.15) is 44.8 Å². The minimum atomic E-state index is 0. The minimum absolute atomic E-state index is 0. The predicted octanol–water partition coefficient (Wildman–Crippen LogP) is 4.24. The van der Waals surface area contributed by atoms with Gasteiger partial charge in [0.15, 0.2) is 5.96 Å². The quantitative estimate of drug-likeness (QED) is 0.209. The maximum absolute atomic E-state index is 5.94. The van der Waals surface area contributed by atoms with Crippen LogP contribution in [0, 0.1) is 0 Å². The molecule has 1 aromatic rings. The van der Waals surface area contributed by atoms with Crippen molar-refractivity contribution in [3.63, 3.8) is 0 Å². The van der Waals surface area contributed by atoms with E-state index in [9.17, 15) is 0 Å². The van der Waals surface area contributed by atoms with Gasteiger partial charge in [-0.15, -0.1) is 24.0 Å². The molecule has 1 aliphatic rings. The van der Waals surface area contributed by atoms with Gasteiger partial charge in [-0.3, -0.25) is 4.99 Å². The summed E-state index contributed by atoms with van der Waals surface area (Å²) >= 11 is 1.92. The zero-order valence-corrected chi connectivity index (χ0v) is 20.6. The lowest BCUT2D eigenvalue weighted by atomic mass is 9.99. The van der Waals surface area contributed by atoms with E-state index in [1.165, 1.54) is 5.56 Å². The maximum Gasteiger partial charge on any atom is 0.191 e. The molecule has 0 aromatic heterocycles. The van der Waals surface area contributed by atoms with Crippen molar-refractivity contribution in [2.45, 2.75) is 44.0 Å². The van der Waals surface area contributed by atoms with Gasteiger partial charge in [0, 0.05) is 37.7 Å². The van der Waals surface area contributed by atoms with Crippen molar-refractivity contribution >= 4 is 41.7 Å². The van der Waals surface area contributed by atoms with Gasteiger partial charge in [-0.25, -0.2) is 0 Å². The molecule has 0 amide bonds. The molecule has 1 heterocycles. The monoisotopic (exact) mass is 521 g/mol. The Bertz CT molecular complexity index is 554. The summed E-state index contributed by atoms with van der Waals surface area (Å²) in [6.45, 7) is 9.16. The number of hydrogen-bond donors (Lipinski definition) is 2. The number of rotatable bonds is 10. The Hall–Kier alpha value is -0.510. The molecule has 0 aliphatic carbocycles. The number of halogens is 1. The van der Waals surface area contributed by atoms with E-state index in [-0.39, 0.29) is 34.8 Å². The van der Waals surface area contributed by atoms with Crippen molar-refractivity contribution in [3.05, 3.63) is 35.9 Å². The lowest BCUT2D eigenvalue weighted by Gasteiger charge is -2.34. The molecule has 160 valence electrons. The summed E-state index contributed by atoms with van der Waals surface area (Å²) in [6.07, 6.45) is 5.41. The second-order valence-electron chi connectivity index (χ2n) is 6.90. The highest BCUT2D eigenvalue weighted by Gasteiger charge is 2.31. The first-order valence-electron chi connectivity index (χ1n) is 10.0. The first-order chi connectivity index (χ1) is 13.2. The lowest BCUT2D eigenvalue weighted by Crippen LogP contribution is -2.41. The molecule has 1 saturated heterocycles. The van der Waals surface area contributed by atoms with Crippen molar-refractivity contribution in [1.82, 2.24) is 10.6 Å². The second kappa shape index (κ2) is 14.5. The largest absolute Gasteiger partial charge is 0.381 e. The third-order valence-electron chi connectivity index (χ3n) is 4.96. The van der Waals surface area contributed by atoms with Crippen molar-refractivity contribution in [3.8, 4) is 0 Å². The highest BCUT2D eigenvalue weighted by Crippen LogP contribution is 2.33. The Balaban J connectivity index is 0.00000392. The van der Waals surface area contributed by atoms with Crippen LogP contribution in [0.25, 0.3) is 0 Å². The van der Waals surface area contributed by atoms with Crippen LogP contribution in [0.3, 0.4) is 0 Å². The summed E-state index contributed by atoms with van der Waals surface area (Å²) in [5.41, 5.74) is 1.22. The summed E-state index contributed by atoms with van der Waals surface area (Å²) in [5, 5.41) is 6.78. The molecule has 7 heteroatoms. The highest BCUT2D eigenvalue weighted by molar-refractivity contribution is 14.0. The molecular formula is C21H36IN3O2S. The fourth-order valence-corrected chi connectivity index (χ4v) is 3.86. The summed E-state index contributed by atoms with van der Waals surface area (Å²) in [6, 6.07) is 10.3. The van der Waals surface area contributed by atoms with E-state index in [0.717, 1.165) is 64.7 Å². The molecule has 2 N–H and O–H groups in total. The van der Waals surface area contributed by atoms with E-state index >= 15 is 0 Å². The number of benzene rings is 1. The van der Waals surface area contributed by atoms with Gasteiger partial charge in [0.1, 0.15) is 0 Å². The van der Waals surface area contributed by atoms with E-state index in [4.69, 9.17) is 14.5 Å². The molecule has 1 fully saturated rings. The zero-order valence-electron chi connectivity index (χ0n) is 17.4. The Morgan fingerprint density at radius 3 is 2.61 bits per heavy atom. The van der Waals surface area contributed by atoms with E-state index in [0.29, 0.717) is 0 Å². The average molecular weight is 522 g/mol. The van der Waals surface area contributed by atoms with Gasteiger partial charge in [-0.1, -0.05) is 30.3 Å². The molecule has 28 heavy (non-hydrogen) atoms. The SMILES string of the molecule is CCNC(=NCC1(SC)CCOCC1)NCCCOC(C)c1ccccc1.I. The Kier molecular flexibility index (Phi) is 13.2. The number of aliphatic imine (C=N–C) groups is 1. The molecule has 2 rings (SSSR count). The van der Waals surface area contributed by atoms with Crippen molar-refractivity contribution in [2.24, 2.45) is 4.99 Å². The highest BCUT2D eigenvalue weighted by atomic mass is 127. The first-order valence-corrected chi connectivity index (χ1v) is 11.2. The fraction of sp³-hybridized carbons (Fsp3) is 0.667. The molecule has 1 unspecified atom stereocenters. The van der Waals surface area contributed by atoms with Crippen LogP contribution >= 0.6 is 35.7 Å². The van der Waals surface area contributed by atoms with Crippen molar-refractivity contribution in [1.29, 1.82) is 0 Å². The van der Waals surface area contributed by atoms with Gasteiger partial charge < -0.3 is 20.1 Å². The van der Waals surface area contributed by atoms with Crippen LogP contribution in [0.2, 0.25) is 0 Å². The molecule has 1 atom stereocenters. The first kappa shape index (κ1) is 25.5. The van der Waals surface area contributed by atoms with Gasteiger partial charge >= 0.3 is 0 Å². The van der Waals surface area contributed by atoms with Crippen LogP contribution in [0.5, 0.6) is 0 Å². The summed E-state index contributed by atoms with van der Waals surface area (Å²) in [7, 11) is 0. The average Bonchev–Trinajstić information content (AvgIpc) is 2.73. The molecule has 1 aromatic carbocycles. The summed E-state index contributed by atoms with van der Waals surface area (Å²) < 4.78 is 11.7. The number of nitrogens with one attached hydrogen (secondary N) is 2. The molecule has 5 nitrogen and oxygen atoms in total. The van der Waals surface area contributed by atoms with Crippen LogP contribution in [0.4, 0.5) is 0 Å². The van der Waals surface area contributed by atoms with Crippen molar-refractivity contribution in [2.75, 3.05) is 45.7 Å². The number of thioether (sulfide) groups is 1. The number of ether oxygens (including phenoxy) is 2. The third-order valence-corrected chi connectivity index (χ3v) is 6.36. The Morgan fingerprint density at radius 1 is 1.25 bits per heavy atom. The van der Waals surface area contributed by atoms with Crippen LogP contribution in [0.15, 0.2) is 35.3 Å². The molecule has 1 aliphatic heterocycles. The van der Waals surface area contributed by atoms with Crippen molar-refractivity contribution < 1.29 is 9.47 Å². The third kappa shape index (κ3) is 8.88. The second-order valence-corrected chi connectivity index (χ2v) is 8.17. The zero-order chi connectivity index (χ0) is 19.4. The Labute approximate surface area is 191 Å². The van der Waals surface area contributed by atoms with Crippen LogP contribution < -0.4 is 10.6 Å². The van der Waals surface area contributed by atoms with Crippen LogP contribution in [-0.2, 0) is 9.47 Å². The number of hydrogen-bond acceptors (Lipinski definition) is 4. The van der Waals surface area contributed by atoms with E-state index in [2.05, 4.69) is 55.0 Å². The topological polar surface area (TPSA) is 54.9 Å². The molecule has 0 saturated carbocycles. The molecule has 0 radical (unpaired) electrons. The van der Waals surface area contributed by atoms with E-state index < -0.39 is 0 Å². The van der Waals surface area contributed by atoms with E-state index in [1.807, 2.05) is 17.8 Å². The molecular weight excluding hydrogens is 485 g/mol. The van der Waals surface area contributed by atoms with Gasteiger partial charge in [0.25, 0.3) is 0 Å². The van der Waals surface area contributed by atoms with Gasteiger partial charge in [0.05, 0.1) is 12.6 Å². The normalized spacial score (nSPS) is 17.5. The van der Waals surface area contributed by atoms with Crippen LogP contribution in [-0.4, -0.2) is 56.4 Å². The van der Waals surface area contributed by atoms with Gasteiger partial charge in [-0.2, -0.15) is 11.8 Å². The van der Waals surface area contributed by atoms with Gasteiger partial charge in [0.2, 0.25) is 0 Å². The smallest absolute Gasteiger partial charge is 0.191 e. The fourth-order valence-electron chi connectivity index (χ4n) is 3.09. The minimum Gasteiger partial charge on any atom is -0.381 e.